The number of carboxylic acid groups (broad SMARTS) is 1. The fourth-order valence-corrected chi connectivity index (χ4v) is 3.03. The lowest BCUT2D eigenvalue weighted by Gasteiger charge is -2.09. The third-order valence-corrected chi connectivity index (χ3v) is 4.15. The van der Waals surface area contributed by atoms with Crippen molar-refractivity contribution in [1.82, 2.24) is 0 Å². The smallest absolute Gasteiger partial charge is 0.338 e. The van der Waals surface area contributed by atoms with Crippen LogP contribution >= 0.6 is 23.4 Å². The lowest BCUT2D eigenvalue weighted by molar-refractivity contribution is -0.111. The van der Waals surface area contributed by atoms with Gasteiger partial charge in [-0.1, -0.05) is 50.1 Å². The normalized spacial score (nSPS) is 12.2. The average molecular weight is 319 g/mol. The van der Waals surface area contributed by atoms with Crippen molar-refractivity contribution < 1.29 is 19.1 Å². The van der Waals surface area contributed by atoms with E-state index in [0.29, 0.717) is 6.42 Å². The van der Waals surface area contributed by atoms with Crippen molar-refractivity contribution in [2.24, 2.45) is 5.92 Å². The molecule has 0 saturated heterocycles. The quantitative estimate of drug-likeness (QED) is 0.777. The van der Waals surface area contributed by atoms with Crippen molar-refractivity contribution in [2.75, 3.05) is 0 Å². The highest BCUT2D eigenvalue weighted by atomic mass is 35.5. The number of benzene rings is 1. The monoisotopic (exact) mass is 318 g/mol. The van der Waals surface area contributed by atoms with E-state index in [1.807, 2.05) is 13.8 Å². The summed E-state index contributed by atoms with van der Waals surface area (Å²) < 4.78 is 13.4. The third-order valence-electron chi connectivity index (χ3n) is 2.77. The molecule has 110 valence electrons. The van der Waals surface area contributed by atoms with Crippen LogP contribution in [-0.2, 0) is 4.79 Å². The SMILES string of the molecule is CCCC(C)CC(=O)Sc1cc(C(=O)O)c(F)cc1Cl. The number of carbonyl (C=O) groups is 2. The molecule has 0 fully saturated rings. The predicted molar refractivity (Wildman–Crippen MR) is 77.9 cm³/mol. The summed E-state index contributed by atoms with van der Waals surface area (Å²) in [6.45, 7) is 4.03. The van der Waals surface area contributed by atoms with Gasteiger partial charge >= 0.3 is 5.97 Å². The summed E-state index contributed by atoms with van der Waals surface area (Å²) in [5, 5.41) is 8.80. The molecule has 0 spiro atoms. The molecule has 0 saturated carbocycles. The molecular weight excluding hydrogens is 303 g/mol. The molecule has 0 amide bonds. The second kappa shape index (κ2) is 7.64. The number of thioether (sulfide) groups is 1. The first-order valence-electron chi connectivity index (χ1n) is 6.28. The molecule has 1 unspecified atom stereocenters. The Morgan fingerprint density at radius 2 is 2.10 bits per heavy atom. The van der Waals surface area contributed by atoms with Gasteiger partial charge in [-0.05, 0) is 18.1 Å². The zero-order valence-electron chi connectivity index (χ0n) is 11.3. The van der Waals surface area contributed by atoms with Gasteiger partial charge in [-0.3, -0.25) is 4.79 Å². The van der Waals surface area contributed by atoms with Gasteiger partial charge in [0.2, 0.25) is 0 Å². The summed E-state index contributed by atoms with van der Waals surface area (Å²) in [6.07, 6.45) is 2.33. The third kappa shape index (κ3) is 4.80. The van der Waals surface area contributed by atoms with Crippen LogP contribution in [0.5, 0.6) is 0 Å². The van der Waals surface area contributed by atoms with Crippen LogP contribution in [0.3, 0.4) is 0 Å². The number of carbonyl (C=O) groups excluding carboxylic acids is 1. The first kappa shape index (κ1) is 17.0. The molecule has 6 heteroatoms. The Morgan fingerprint density at radius 1 is 1.45 bits per heavy atom. The van der Waals surface area contributed by atoms with Crippen LogP contribution in [0, 0.1) is 11.7 Å². The second-order valence-electron chi connectivity index (χ2n) is 4.64. The minimum Gasteiger partial charge on any atom is -0.478 e. The molecule has 0 aliphatic heterocycles. The van der Waals surface area contributed by atoms with Gasteiger partial charge in [0, 0.05) is 11.3 Å². The predicted octanol–water partition coefficient (Wildman–Crippen LogP) is 4.62. The molecule has 0 radical (unpaired) electrons. The van der Waals surface area contributed by atoms with E-state index in [0.717, 1.165) is 36.7 Å². The van der Waals surface area contributed by atoms with Gasteiger partial charge in [-0.15, -0.1) is 0 Å². The minimum atomic E-state index is -1.38. The van der Waals surface area contributed by atoms with E-state index < -0.39 is 17.3 Å². The Labute approximate surface area is 126 Å². The second-order valence-corrected chi connectivity index (χ2v) is 6.15. The van der Waals surface area contributed by atoms with Crippen LogP contribution in [0.4, 0.5) is 4.39 Å². The number of hydrogen-bond donors (Lipinski definition) is 1. The summed E-state index contributed by atoms with van der Waals surface area (Å²) in [4.78, 5) is 23.0. The lowest BCUT2D eigenvalue weighted by atomic mass is 10.0. The molecule has 1 N–H and O–H groups in total. The maximum absolute atomic E-state index is 13.4. The Kier molecular flexibility index (Phi) is 6.49. The van der Waals surface area contributed by atoms with Crippen LogP contribution in [-0.4, -0.2) is 16.2 Å². The molecule has 1 atom stereocenters. The van der Waals surface area contributed by atoms with E-state index in [1.54, 1.807) is 0 Å². The summed E-state index contributed by atoms with van der Waals surface area (Å²) >= 11 is 6.71. The van der Waals surface area contributed by atoms with Gasteiger partial charge < -0.3 is 5.11 Å². The summed E-state index contributed by atoms with van der Waals surface area (Å²) in [7, 11) is 0. The molecule has 1 rings (SSSR count). The van der Waals surface area contributed by atoms with E-state index in [9.17, 15) is 14.0 Å². The molecule has 0 heterocycles. The molecule has 0 aliphatic carbocycles. The van der Waals surface area contributed by atoms with Gasteiger partial charge in [-0.2, -0.15) is 0 Å². The molecule has 20 heavy (non-hydrogen) atoms. The van der Waals surface area contributed by atoms with E-state index in [4.69, 9.17) is 16.7 Å². The topological polar surface area (TPSA) is 54.4 Å². The van der Waals surface area contributed by atoms with Crippen LogP contribution in [0.2, 0.25) is 5.02 Å². The summed E-state index contributed by atoms with van der Waals surface area (Å²) in [5.74, 6) is -2.02. The van der Waals surface area contributed by atoms with Crippen LogP contribution < -0.4 is 0 Å². The highest BCUT2D eigenvalue weighted by Crippen LogP contribution is 2.32. The summed E-state index contributed by atoms with van der Waals surface area (Å²) in [5.41, 5.74) is -0.480. The number of rotatable bonds is 6. The first-order chi connectivity index (χ1) is 9.35. The zero-order chi connectivity index (χ0) is 15.3. The Balaban J connectivity index is 2.84. The summed E-state index contributed by atoms with van der Waals surface area (Å²) in [6, 6.07) is 2.03. The highest BCUT2D eigenvalue weighted by Gasteiger charge is 2.17. The Bertz CT molecular complexity index is 519. The molecule has 1 aromatic carbocycles. The highest BCUT2D eigenvalue weighted by molar-refractivity contribution is 8.13. The van der Waals surface area contributed by atoms with Crippen molar-refractivity contribution in [3.8, 4) is 0 Å². The average Bonchev–Trinajstić information content (AvgIpc) is 2.32. The van der Waals surface area contributed by atoms with Gasteiger partial charge in [0.05, 0.1) is 10.6 Å². The van der Waals surface area contributed by atoms with Crippen LogP contribution in [0.15, 0.2) is 17.0 Å². The number of carboxylic acids is 1. The van der Waals surface area contributed by atoms with Crippen molar-refractivity contribution >= 4 is 34.4 Å². The number of aromatic carboxylic acids is 1. The number of halogens is 2. The standard InChI is InChI=1S/C14H16ClFO3S/c1-3-4-8(2)5-13(17)20-12-6-9(14(18)19)11(16)7-10(12)15/h6-8H,3-5H2,1-2H3,(H,18,19). The fraction of sp³-hybridized carbons (Fsp3) is 0.429. The van der Waals surface area contributed by atoms with E-state index in [-0.39, 0.29) is 21.0 Å². The van der Waals surface area contributed by atoms with Gasteiger partial charge in [0.25, 0.3) is 0 Å². The van der Waals surface area contributed by atoms with Crippen LogP contribution in [0.1, 0.15) is 43.5 Å². The van der Waals surface area contributed by atoms with Gasteiger partial charge in [-0.25, -0.2) is 9.18 Å². The van der Waals surface area contributed by atoms with Crippen LogP contribution in [0.25, 0.3) is 0 Å². The molecule has 0 bridgehead atoms. The van der Waals surface area contributed by atoms with E-state index in [2.05, 4.69) is 0 Å². The molecule has 0 aliphatic rings. The van der Waals surface area contributed by atoms with Crippen molar-refractivity contribution in [3.63, 3.8) is 0 Å². The Morgan fingerprint density at radius 3 is 2.65 bits per heavy atom. The maximum atomic E-state index is 13.4. The number of hydrogen-bond acceptors (Lipinski definition) is 3. The molecular formula is C14H16ClFO3S. The maximum Gasteiger partial charge on any atom is 0.338 e. The largest absolute Gasteiger partial charge is 0.478 e. The van der Waals surface area contributed by atoms with Crippen molar-refractivity contribution in [2.45, 2.75) is 38.0 Å². The first-order valence-corrected chi connectivity index (χ1v) is 7.47. The lowest BCUT2D eigenvalue weighted by Crippen LogP contribution is -2.04. The van der Waals surface area contributed by atoms with Crippen molar-refractivity contribution in [3.05, 3.63) is 28.5 Å². The molecule has 0 aromatic heterocycles. The fourth-order valence-electron chi connectivity index (χ4n) is 1.81. The minimum absolute atomic E-state index is 0.0500. The zero-order valence-corrected chi connectivity index (χ0v) is 12.9. The molecule has 3 nitrogen and oxygen atoms in total. The Hall–Kier alpha value is -1.07. The van der Waals surface area contributed by atoms with Gasteiger partial charge in [0.1, 0.15) is 5.82 Å². The van der Waals surface area contributed by atoms with Crippen molar-refractivity contribution in [1.29, 1.82) is 0 Å². The van der Waals surface area contributed by atoms with Gasteiger partial charge in [0.15, 0.2) is 5.12 Å². The van der Waals surface area contributed by atoms with E-state index >= 15 is 0 Å². The van der Waals surface area contributed by atoms with E-state index in [1.165, 1.54) is 0 Å². The molecule has 1 aromatic rings.